The molecule has 4 rings (SSSR count). The predicted octanol–water partition coefficient (Wildman–Crippen LogP) is 2.78. The number of benzene rings is 1. The molecule has 2 fully saturated rings. The van der Waals surface area contributed by atoms with Crippen LogP contribution in [0.25, 0.3) is 0 Å². The fraction of sp³-hybridized carbons (Fsp3) is 0.579. The first-order valence-electron chi connectivity index (χ1n) is 9.18. The van der Waals surface area contributed by atoms with E-state index in [2.05, 4.69) is 12.2 Å². The monoisotopic (exact) mass is 344 g/mol. The van der Waals surface area contributed by atoms with Gasteiger partial charge in [-0.1, -0.05) is 6.92 Å². The van der Waals surface area contributed by atoms with Crippen LogP contribution < -0.4 is 14.8 Å². The van der Waals surface area contributed by atoms with E-state index in [1.54, 1.807) is 18.2 Å². The zero-order chi connectivity index (χ0) is 17.4. The van der Waals surface area contributed by atoms with Crippen molar-refractivity contribution in [2.24, 2.45) is 11.8 Å². The maximum atomic E-state index is 12.8. The number of fused-ring (bicyclic) bond motifs is 1. The van der Waals surface area contributed by atoms with E-state index in [4.69, 9.17) is 9.47 Å². The highest BCUT2D eigenvalue weighted by atomic mass is 16.7. The zero-order valence-corrected chi connectivity index (χ0v) is 14.5. The van der Waals surface area contributed by atoms with E-state index in [9.17, 15) is 9.59 Å². The Morgan fingerprint density at radius 1 is 1.20 bits per heavy atom. The molecule has 0 radical (unpaired) electrons. The fourth-order valence-electron chi connectivity index (χ4n) is 3.90. The number of nitrogens with zero attached hydrogens (tertiary/aromatic N) is 1. The number of rotatable bonds is 4. The Morgan fingerprint density at radius 2 is 2.04 bits per heavy atom. The summed E-state index contributed by atoms with van der Waals surface area (Å²) in [7, 11) is 0. The number of carbonyl (C=O) groups excluding carboxylic acids is 2. The lowest BCUT2D eigenvalue weighted by atomic mass is 9.99. The summed E-state index contributed by atoms with van der Waals surface area (Å²) in [5.41, 5.74) is 0.678. The van der Waals surface area contributed by atoms with Crippen molar-refractivity contribution in [3.63, 3.8) is 0 Å². The molecule has 2 aliphatic heterocycles. The van der Waals surface area contributed by atoms with Gasteiger partial charge in [-0.05, 0) is 44.2 Å². The molecule has 3 atom stereocenters. The van der Waals surface area contributed by atoms with Crippen LogP contribution in [0.3, 0.4) is 0 Å². The van der Waals surface area contributed by atoms with Gasteiger partial charge < -0.3 is 19.7 Å². The summed E-state index contributed by atoms with van der Waals surface area (Å²) < 4.78 is 10.6. The van der Waals surface area contributed by atoms with Gasteiger partial charge in [0.05, 0.1) is 11.8 Å². The third-order valence-electron chi connectivity index (χ3n) is 5.47. The van der Waals surface area contributed by atoms with Crippen molar-refractivity contribution in [1.82, 2.24) is 4.90 Å². The number of anilines is 1. The molecule has 2 amide bonds. The predicted molar refractivity (Wildman–Crippen MR) is 92.4 cm³/mol. The van der Waals surface area contributed by atoms with E-state index >= 15 is 0 Å². The minimum Gasteiger partial charge on any atom is -0.454 e. The largest absolute Gasteiger partial charge is 0.454 e. The molecule has 25 heavy (non-hydrogen) atoms. The summed E-state index contributed by atoms with van der Waals surface area (Å²) in [4.78, 5) is 27.2. The Balaban J connectivity index is 1.36. The Morgan fingerprint density at radius 3 is 2.88 bits per heavy atom. The molecule has 1 saturated carbocycles. The lowest BCUT2D eigenvalue weighted by Crippen LogP contribution is -2.44. The first-order valence-corrected chi connectivity index (χ1v) is 9.18. The van der Waals surface area contributed by atoms with Gasteiger partial charge in [0.25, 0.3) is 0 Å². The minimum atomic E-state index is -0.211. The molecule has 3 unspecified atom stereocenters. The van der Waals surface area contributed by atoms with Crippen molar-refractivity contribution in [3.8, 4) is 11.5 Å². The normalized spacial score (nSPS) is 27.1. The van der Waals surface area contributed by atoms with Gasteiger partial charge in [0.15, 0.2) is 11.5 Å². The number of carbonyl (C=O) groups is 2. The number of nitrogens with one attached hydrogen (secondary N) is 1. The molecule has 0 spiro atoms. The van der Waals surface area contributed by atoms with Crippen LogP contribution in [0.1, 0.15) is 39.0 Å². The molecule has 1 aliphatic carbocycles. The van der Waals surface area contributed by atoms with E-state index < -0.39 is 0 Å². The van der Waals surface area contributed by atoms with Crippen LogP contribution in [0, 0.1) is 11.8 Å². The zero-order valence-electron chi connectivity index (χ0n) is 14.5. The van der Waals surface area contributed by atoms with E-state index in [-0.39, 0.29) is 30.4 Å². The van der Waals surface area contributed by atoms with Gasteiger partial charge >= 0.3 is 0 Å². The molecule has 1 N–H and O–H groups in total. The molecule has 0 aromatic heterocycles. The summed E-state index contributed by atoms with van der Waals surface area (Å²) >= 11 is 0. The Bertz CT molecular complexity index is 690. The average Bonchev–Trinajstić information content (AvgIpc) is 3.31. The van der Waals surface area contributed by atoms with E-state index in [0.29, 0.717) is 29.6 Å². The lowest BCUT2D eigenvalue weighted by Gasteiger charge is -2.35. The van der Waals surface area contributed by atoms with Crippen molar-refractivity contribution >= 4 is 17.5 Å². The molecular weight excluding hydrogens is 320 g/mol. The number of piperidine rings is 1. The average molecular weight is 344 g/mol. The molecule has 3 aliphatic rings. The smallest absolute Gasteiger partial charge is 0.231 e. The summed E-state index contributed by atoms with van der Waals surface area (Å²) in [5.74, 6) is 1.05. The maximum absolute atomic E-state index is 12.8. The van der Waals surface area contributed by atoms with Crippen molar-refractivity contribution in [2.75, 3.05) is 18.7 Å². The second-order valence-electron chi connectivity index (χ2n) is 7.10. The highest BCUT2D eigenvalue weighted by Gasteiger charge is 2.50. The number of hydrogen-bond acceptors (Lipinski definition) is 4. The van der Waals surface area contributed by atoms with E-state index in [0.717, 1.165) is 25.8 Å². The first-order chi connectivity index (χ1) is 12.2. The van der Waals surface area contributed by atoms with Crippen molar-refractivity contribution in [1.29, 1.82) is 0 Å². The molecular formula is C19H24N2O4. The molecule has 134 valence electrons. The third kappa shape index (κ3) is 3.17. The topological polar surface area (TPSA) is 67.9 Å². The van der Waals surface area contributed by atoms with Gasteiger partial charge in [-0.2, -0.15) is 0 Å². The minimum absolute atomic E-state index is 0.0812. The standard InChI is InChI=1S/C19H24N2O4/c1-2-13-5-3-4-8-21(13)19(23)15-10-14(15)18(22)20-12-6-7-16-17(9-12)25-11-24-16/h6-7,9,13-15H,2-5,8,10-11H2,1H3,(H,20,22). The van der Waals surface area contributed by atoms with Crippen LogP contribution in [0.2, 0.25) is 0 Å². The molecule has 6 nitrogen and oxygen atoms in total. The Labute approximate surface area is 147 Å². The van der Waals surface area contributed by atoms with Gasteiger partial charge in [0.1, 0.15) is 0 Å². The highest BCUT2D eigenvalue weighted by molar-refractivity contribution is 5.99. The SMILES string of the molecule is CCC1CCCCN1C(=O)C1CC1C(=O)Nc1ccc2c(c1)OCO2. The Kier molecular flexibility index (Phi) is 4.27. The maximum Gasteiger partial charge on any atom is 0.231 e. The number of amides is 2. The van der Waals surface area contributed by atoms with Gasteiger partial charge in [0.2, 0.25) is 18.6 Å². The van der Waals surface area contributed by atoms with Crippen LogP contribution in [-0.4, -0.2) is 36.1 Å². The van der Waals surface area contributed by atoms with Gasteiger partial charge in [0, 0.05) is 24.3 Å². The van der Waals surface area contributed by atoms with Crippen LogP contribution in [-0.2, 0) is 9.59 Å². The van der Waals surface area contributed by atoms with Crippen LogP contribution in [0.4, 0.5) is 5.69 Å². The fourth-order valence-corrected chi connectivity index (χ4v) is 3.90. The molecule has 6 heteroatoms. The third-order valence-corrected chi connectivity index (χ3v) is 5.47. The number of ether oxygens (including phenoxy) is 2. The second kappa shape index (κ2) is 6.58. The molecule has 0 bridgehead atoms. The summed E-state index contributed by atoms with van der Waals surface area (Å²) in [6.45, 7) is 3.18. The van der Waals surface area contributed by atoms with Crippen LogP contribution >= 0.6 is 0 Å². The summed E-state index contributed by atoms with van der Waals surface area (Å²) in [6.07, 6.45) is 5.00. The molecule has 1 aromatic carbocycles. The number of hydrogen-bond donors (Lipinski definition) is 1. The van der Waals surface area contributed by atoms with Gasteiger partial charge in [-0.3, -0.25) is 9.59 Å². The lowest BCUT2D eigenvalue weighted by molar-refractivity contribution is -0.137. The van der Waals surface area contributed by atoms with Gasteiger partial charge in [-0.25, -0.2) is 0 Å². The van der Waals surface area contributed by atoms with Crippen molar-refractivity contribution in [3.05, 3.63) is 18.2 Å². The highest BCUT2D eigenvalue weighted by Crippen LogP contribution is 2.42. The quantitative estimate of drug-likeness (QED) is 0.912. The van der Waals surface area contributed by atoms with Crippen LogP contribution in [0.15, 0.2) is 18.2 Å². The van der Waals surface area contributed by atoms with Crippen molar-refractivity contribution in [2.45, 2.75) is 45.1 Å². The van der Waals surface area contributed by atoms with E-state index in [1.165, 1.54) is 6.42 Å². The van der Waals surface area contributed by atoms with Crippen LogP contribution in [0.5, 0.6) is 11.5 Å². The van der Waals surface area contributed by atoms with E-state index in [1.807, 2.05) is 4.90 Å². The summed E-state index contributed by atoms with van der Waals surface area (Å²) in [5, 5.41) is 2.90. The first kappa shape index (κ1) is 16.2. The molecule has 1 saturated heterocycles. The molecule has 2 heterocycles. The second-order valence-corrected chi connectivity index (χ2v) is 7.10. The Hall–Kier alpha value is -2.24. The number of likely N-dealkylation sites (tertiary alicyclic amines) is 1. The van der Waals surface area contributed by atoms with Gasteiger partial charge in [-0.15, -0.1) is 0 Å². The summed E-state index contributed by atoms with van der Waals surface area (Å²) in [6, 6.07) is 5.69. The molecule has 1 aromatic rings. The van der Waals surface area contributed by atoms with Crippen molar-refractivity contribution < 1.29 is 19.1 Å².